The molecule has 0 spiro atoms. The Hall–Kier alpha value is -2.38. The van der Waals surface area contributed by atoms with Gasteiger partial charge in [0.2, 0.25) is 5.91 Å². The molecule has 0 fully saturated rings. The Morgan fingerprint density at radius 3 is 2.77 bits per heavy atom. The van der Waals surface area contributed by atoms with Crippen LogP contribution in [-0.2, 0) is 17.8 Å². The van der Waals surface area contributed by atoms with Gasteiger partial charge >= 0.3 is 5.97 Å². The van der Waals surface area contributed by atoms with Crippen LogP contribution in [0.5, 0.6) is 5.75 Å². The minimum absolute atomic E-state index is 0.164. The van der Waals surface area contributed by atoms with Gasteiger partial charge in [0, 0.05) is 18.0 Å². The first-order chi connectivity index (χ1) is 12.6. The standard InChI is InChI=1S/C19H22N2O4S/c1-2-21-10-8-14-15(12-21)26-18(17(14)19(23)24)20-16(22)9-11-25-13-6-4-3-5-7-13/h3-7H,2,8-12H2,1H3,(H,20,22)(H,23,24). The number of benzene rings is 1. The van der Waals surface area contributed by atoms with Crippen molar-refractivity contribution >= 4 is 28.2 Å². The number of carboxylic acids is 1. The Kier molecular flexibility index (Phi) is 5.90. The highest BCUT2D eigenvalue weighted by molar-refractivity contribution is 7.17. The van der Waals surface area contributed by atoms with E-state index in [1.807, 2.05) is 30.3 Å². The molecule has 0 saturated heterocycles. The molecule has 7 heteroatoms. The summed E-state index contributed by atoms with van der Waals surface area (Å²) in [4.78, 5) is 27.2. The molecule has 1 amide bonds. The van der Waals surface area contributed by atoms with Crippen molar-refractivity contribution in [1.29, 1.82) is 0 Å². The summed E-state index contributed by atoms with van der Waals surface area (Å²) in [5.74, 6) is -0.518. The molecule has 138 valence electrons. The van der Waals surface area contributed by atoms with Gasteiger partial charge in [-0.3, -0.25) is 9.69 Å². The number of hydrogen-bond acceptors (Lipinski definition) is 5. The lowest BCUT2D eigenvalue weighted by atomic mass is 10.0. The van der Waals surface area contributed by atoms with Crippen LogP contribution in [0, 0.1) is 0 Å². The number of amides is 1. The van der Waals surface area contributed by atoms with Crippen LogP contribution in [0.4, 0.5) is 5.00 Å². The summed E-state index contributed by atoms with van der Waals surface area (Å²) >= 11 is 1.37. The Morgan fingerprint density at radius 1 is 1.31 bits per heavy atom. The maximum atomic E-state index is 12.2. The van der Waals surface area contributed by atoms with E-state index in [2.05, 4.69) is 17.1 Å². The Morgan fingerprint density at radius 2 is 2.08 bits per heavy atom. The smallest absolute Gasteiger partial charge is 0.339 e. The first-order valence-electron chi connectivity index (χ1n) is 8.66. The van der Waals surface area contributed by atoms with E-state index in [0.29, 0.717) is 17.2 Å². The summed E-state index contributed by atoms with van der Waals surface area (Å²) < 4.78 is 5.52. The van der Waals surface area contributed by atoms with Crippen LogP contribution in [0.15, 0.2) is 30.3 Å². The lowest BCUT2D eigenvalue weighted by molar-refractivity contribution is -0.116. The minimum Gasteiger partial charge on any atom is -0.493 e. The topological polar surface area (TPSA) is 78.9 Å². The molecule has 0 radical (unpaired) electrons. The first kappa shape index (κ1) is 18.4. The molecular weight excluding hydrogens is 352 g/mol. The molecule has 0 aliphatic carbocycles. The zero-order valence-electron chi connectivity index (χ0n) is 14.7. The molecule has 1 aromatic carbocycles. The van der Waals surface area contributed by atoms with E-state index < -0.39 is 5.97 Å². The van der Waals surface area contributed by atoms with Gasteiger partial charge in [-0.25, -0.2) is 4.79 Å². The maximum Gasteiger partial charge on any atom is 0.339 e. The number of fused-ring (bicyclic) bond motifs is 1. The molecule has 26 heavy (non-hydrogen) atoms. The fourth-order valence-corrected chi connectivity index (χ4v) is 4.31. The summed E-state index contributed by atoms with van der Waals surface area (Å²) in [5, 5.41) is 12.8. The van der Waals surface area contributed by atoms with Crippen LogP contribution in [0.3, 0.4) is 0 Å². The van der Waals surface area contributed by atoms with Crippen LogP contribution in [0.1, 0.15) is 34.1 Å². The van der Waals surface area contributed by atoms with Gasteiger partial charge in [0.05, 0.1) is 18.6 Å². The third-order valence-corrected chi connectivity index (χ3v) is 5.52. The molecule has 0 saturated carbocycles. The summed E-state index contributed by atoms with van der Waals surface area (Å²) in [6.45, 7) is 4.85. The molecule has 2 heterocycles. The van der Waals surface area contributed by atoms with E-state index in [9.17, 15) is 14.7 Å². The van der Waals surface area contributed by atoms with Gasteiger partial charge in [-0.05, 0) is 30.7 Å². The highest BCUT2D eigenvalue weighted by Gasteiger charge is 2.28. The normalized spacial score (nSPS) is 13.9. The van der Waals surface area contributed by atoms with Crippen LogP contribution < -0.4 is 10.1 Å². The lowest BCUT2D eigenvalue weighted by Crippen LogP contribution is -2.29. The largest absolute Gasteiger partial charge is 0.493 e. The minimum atomic E-state index is -0.983. The monoisotopic (exact) mass is 374 g/mol. The number of para-hydroxylation sites is 1. The predicted molar refractivity (Wildman–Crippen MR) is 101 cm³/mol. The first-order valence-corrected chi connectivity index (χ1v) is 9.48. The SMILES string of the molecule is CCN1CCc2c(sc(NC(=O)CCOc3ccccc3)c2C(=O)O)C1. The maximum absolute atomic E-state index is 12.2. The number of carbonyl (C=O) groups is 2. The number of rotatable bonds is 7. The summed E-state index contributed by atoms with van der Waals surface area (Å²) in [6.07, 6.45) is 0.867. The summed E-state index contributed by atoms with van der Waals surface area (Å²) in [7, 11) is 0. The molecule has 0 bridgehead atoms. The highest BCUT2D eigenvalue weighted by atomic mass is 32.1. The van der Waals surface area contributed by atoms with Crippen LogP contribution in [0.25, 0.3) is 0 Å². The molecule has 3 rings (SSSR count). The Labute approximate surface area is 156 Å². The molecule has 1 aliphatic rings. The van der Waals surface area contributed by atoms with E-state index in [-0.39, 0.29) is 24.5 Å². The van der Waals surface area contributed by atoms with Gasteiger partial charge in [0.1, 0.15) is 10.8 Å². The summed E-state index contributed by atoms with van der Waals surface area (Å²) in [5.41, 5.74) is 1.11. The van der Waals surface area contributed by atoms with E-state index in [1.165, 1.54) is 11.3 Å². The second-order valence-corrected chi connectivity index (χ2v) is 7.20. The molecule has 0 atom stereocenters. The van der Waals surface area contributed by atoms with Crippen molar-refractivity contribution in [3.05, 3.63) is 46.3 Å². The number of carbonyl (C=O) groups excluding carboxylic acids is 1. The van der Waals surface area contributed by atoms with E-state index in [1.54, 1.807) is 0 Å². The van der Waals surface area contributed by atoms with E-state index in [4.69, 9.17) is 4.74 Å². The number of hydrogen-bond donors (Lipinski definition) is 2. The van der Waals surface area contributed by atoms with Crippen LogP contribution in [0.2, 0.25) is 0 Å². The van der Waals surface area contributed by atoms with Gasteiger partial charge in [-0.2, -0.15) is 0 Å². The number of ether oxygens (including phenoxy) is 1. The van der Waals surface area contributed by atoms with Crippen molar-refractivity contribution in [2.45, 2.75) is 26.3 Å². The average Bonchev–Trinajstić information content (AvgIpc) is 2.99. The third-order valence-electron chi connectivity index (χ3n) is 4.39. The average molecular weight is 374 g/mol. The number of nitrogens with one attached hydrogen (secondary N) is 1. The third kappa shape index (κ3) is 4.23. The van der Waals surface area contributed by atoms with Crippen molar-refractivity contribution in [1.82, 2.24) is 4.90 Å². The second kappa shape index (κ2) is 8.33. The number of anilines is 1. The van der Waals surface area contributed by atoms with Gasteiger partial charge in [-0.1, -0.05) is 25.1 Å². The van der Waals surface area contributed by atoms with Crippen molar-refractivity contribution in [2.24, 2.45) is 0 Å². The Balaban J connectivity index is 1.64. The molecular formula is C19H22N2O4S. The number of nitrogens with zero attached hydrogens (tertiary/aromatic N) is 1. The number of aromatic carboxylic acids is 1. The molecule has 2 N–H and O–H groups in total. The van der Waals surface area contributed by atoms with Crippen LogP contribution >= 0.6 is 11.3 Å². The van der Waals surface area contributed by atoms with Gasteiger partial charge in [-0.15, -0.1) is 11.3 Å². The van der Waals surface area contributed by atoms with E-state index >= 15 is 0 Å². The van der Waals surface area contributed by atoms with Crippen molar-refractivity contribution in [3.8, 4) is 5.75 Å². The second-order valence-electron chi connectivity index (χ2n) is 6.09. The van der Waals surface area contributed by atoms with Crippen molar-refractivity contribution < 1.29 is 19.4 Å². The van der Waals surface area contributed by atoms with Crippen molar-refractivity contribution in [3.63, 3.8) is 0 Å². The molecule has 6 nitrogen and oxygen atoms in total. The molecule has 2 aromatic rings. The molecule has 1 aliphatic heterocycles. The quantitative estimate of drug-likeness (QED) is 0.778. The zero-order chi connectivity index (χ0) is 18.5. The summed E-state index contributed by atoms with van der Waals surface area (Å²) in [6, 6.07) is 9.28. The molecule has 0 unspecified atom stereocenters. The van der Waals surface area contributed by atoms with E-state index in [0.717, 1.165) is 30.1 Å². The number of likely N-dealkylation sites (N-methyl/N-ethyl adjacent to an activating group) is 1. The van der Waals surface area contributed by atoms with Gasteiger partial charge < -0.3 is 15.2 Å². The zero-order valence-corrected chi connectivity index (χ0v) is 15.5. The molecule has 1 aromatic heterocycles. The fourth-order valence-electron chi connectivity index (χ4n) is 3.01. The highest BCUT2D eigenvalue weighted by Crippen LogP contribution is 2.37. The number of carboxylic acid groups (broad SMARTS) is 1. The number of thiophene rings is 1. The Bertz CT molecular complexity index is 788. The van der Waals surface area contributed by atoms with Gasteiger partial charge in [0.15, 0.2) is 0 Å². The van der Waals surface area contributed by atoms with Gasteiger partial charge in [0.25, 0.3) is 0 Å². The lowest BCUT2D eigenvalue weighted by Gasteiger charge is -2.25. The predicted octanol–water partition coefficient (Wildman–Crippen LogP) is 3.23. The van der Waals surface area contributed by atoms with Crippen molar-refractivity contribution in [2.75, 3.05) is 25.0 Å². The van der Waals surface area contributed by atoms with Crippen LogP contribution in [-0.4, -0.2) is 41.6 Å². The fraction of sp³-hybridized carbons (Fsp3) is 0.368.